The van der Waals surface area contributed by atoms with Gasteiger partial charge in [-0.3, -0.25) is 15.0 Å². The van der Waals surface area contributed by atoms with Crippen molar-refractivity contribution in [1.82, 2.24) is 9.88 Å². The summed E-state index contributed by atoms with van der Waals surface area (Å²) in [7, 11) is 0. The molecular formula is C18H22BrN3O2S. The molecule has 1 aromatic carbocycles. The summed E-state index contributed by atoms with van der Waals surface area (Å²) >= 11 is 4.82. The van der Waals surface area contributed by atoms with Crippen molar-refractivity contribution in [2.45, 2.75) is 26.3 Å². The summed E-state index contributed by atoms with van der Waals surface area (Å²) in [5.74, 6) is 1.22. The number of aromatic nitrogens is 1. The molecule has 0 bridgehead atoms. The van der Waals surface area contributed by atoms with Gasteiger partial charge in [0.2, 0.25) is 0 Å². The van der Waals surface area contributed by atoms with Gasteiger partial charge in [0.1, 0.15) is 5.75 Å². The van der Waals surface area contributed by atoms with E-state index in [2.05, 4.69) is 38.1 Å². The number of halogens is 1. The Bertz CT molecular complexity index is 705. The predicted octanol–water partition coefficient (Wildman–Crippen LogP) is 4.16. The number of likely N-dealkylation sites (tertiary alicyclic amines) is 1. The van der Waals surface area contributed by atoms with Crippen LogP contribution in [-0.4, -0.2) is 35.5 Å². The zero-order valence-electron chi connectivity index (χ0n) is 14.2. The third-order valence-corrected chi connectivity index (χ3v) is 5.44. The van der Waals surface area contributed by atoms with E-state index in [9.17, 15) is 4.79 Å². The molecule has 1 fully saturated rings. The molecule has 2 aromatic rings. The number of ether oxygens (including phenoxy) is 1. The van der Waals surface area contributed by atoms with E-state index in [-0.39, 0.29) is 12.5 Å². The average molecular weight is 424 g/mol. The van der Waals surface area contributed by atoms with Gasteiger partial charge in [0.25, 0.3) is 5.91 Å². The molecule has 25 heavy (non-hydrogen) atoms. The van der Waals surface area contributed by atoms with Gasteiger partial charge in [0.15, 0.2) is 11.7 Å². The second kappa shape index (κ2) is 8.78. The molecule has 1 N–H and O–H groups in total. The SMILES string of the molecule is CC1CCCN(Cc2csc(NC(=O)COc3ccc(Br)cc3)n2)C1. The highest BCUT2D eigenvalue weighted by molar-refractivity contribution is 9.10. The Morgan fingerprint density at radius 2 is 2.24 bits per heavy atom. The number of hydrogen-bond acceptors (Lipinski definition) is 5. The summed E-state index contributed by atoms with van der Waals surface area (Å²) in [4.78, 5) is 19.0. The normalized spacial score (nSPS) is 18.1. The highest BCUT2D eigenvalue weighted by atomic mass is 79.9. The first kappa shape index (κ1) is 18.4. The van der Waals surface area contributed by atoms with E-state index in [0.29, 0.717) is 10.9 Å². The van der Waals surface area contributed by atoms with E-state index in [4.69, 9.17) is 4.74 Å². The maximum atomic E-state index is 12.0. The Labute approximate surface area is 160 Å². The van der Waals surface area contributed by atoms with Gasteiger partial charge in [0, 0.05) is 22.9 Å². The van der Waals surface area contributed by atoms with Crippen molar-refractivity contribution in [1.29, 1.82) is 0 Å². The highest BCUT2D eigenvalue weighted by Gasteiger charge is 2.17. The Morgan fingerprint density at radius 3 is 3.00 bits per heavy atom. The summed E-state index contributed by atoms with van der Waals surface area (Å²) in [5, 5.41) is 5.45. The molecule has 0 aliphatic carbocycles. The zero-order valence-corrected chi connectivity index (χ0v) is 16.6. The number of benzene rings is 1. The topological polar surface area (TPSA) is 54.5 Å². The molecule has 1 unspecified atom stereocenters. The van der Waals surface area contributed by atoms with Crippen molar-refractivity contribution in [2.75, 3.05) is 25.0 Å². The number of thiazole rings is 1. The Morgan fingerprint density at radius 1 is 1.44 bits per heavy atom. The van der Waals surface area contributed by atoms with E-state index in [1.807, 2.05) is 29.6 Å². The summed E-state index contributed by atoms with van der Waals surface area (Å²) in [6, 6.07) is 7.39. The first-order valence-corrected chi connectivity index (χ1v) is 10.1. The van der Waals surface area contributed by atoms with Crippen LogP contribution in [0.1, 0.15) is 25.5 Å². The van der Waals surface area contributed by atoms with Crippen molar-refractivity contribution in [3.05, 3.63) is 39.8 Å². The molecular weight excluding hydrogens is 402 g/mol. The quantitative estimate of drug-likeness (QED) is 0.757. The van der Waals surface area contributed by atoms with Gasteiger partial charge in [0.05, 0.1) is 5.69 Å². The molecule has 1 aliphatic heterocycles. The fourth-order valence-corrected chi connectivity index (χ4v) is 3.91. The Kier molecular flexibility index (Phi) is 6.45. The van der Waals surface area contributed by atoms with Crippen LogP contribution in [-0.2, 0) is 11.3 Å². The van der Waals surface area contributed by atoms with Gasteiger partial charge in [-0.05, 0) is 49.6 Å². The minimum atomic E-state index is -0.199. The Hall–Kier alpha value is -1.44. The van der Waals surface area contributed by atoms with Crippen molar-refractivity contribution >= 4 is 38.3 Å². The lowest BCUT2D eigenvalue weighted by molar-refractivity contribution is -0.118. The van der Waals surface area contributed by atoms with Gasteiger partial charge in [-0.15, -0.1) is 11.3 Å². The predicted molar refractivity (Wildman–Crippen MR) is 104 cm³/mol. The maximum Gasteiger partial charge on any atom is 0.264 e. The molecule has 3 rings (SSSR count). The number of nitrogens with zero attached hydrogens (tertiary/aromatic N) is 2. The molecule has 134 valence electrons. The minimum Gasteiger partial charge on any atom is -0.484 e. The number of anilines is 1. The molecule has 1 aliphatic rings. The van der Waals surface area contributed by atoms with Crippen LogP contribution in [0.2, 0.25) is 0 Å². The lowest BCUT2D eigenvalue weighted by Crippen LogP contribution is -2.33. The smallest absolute Gasteiger partial charge is 0.264 e. The first-order chi connectivity index (χ1) is 12.1. The van der Waals surface area contributed by atoms with Crippen LogP contribution in [0.3, 0.4) is 0 Å². The van der Waals surface area contributed by atoms with Gasteiger partial charge >= 0.3 is 0 Å². The van der Waals surface area contributed by atoms with Gasteiger partial charge in [-0.1, -0.05) is 22.9 Å². The van der Waals surface area contributed by atoms with Gasteiger partial charge < -0.3 is 4.74 Å². The summed E-state index contributed by atoms with van der Waals surface area (Å²) in [6.45, 7) is 5.38. The molecule has 1 aromatic heterocycles. The molecule has 2 heterocycles. The average Bonchev–Trinajstić information content (AvgIpc) is 3.01. The lowest BCUT2D eigenvalue weighted by atomic mass is 10.0. The maximum absolute atomic E-state index is 12.0. The van der Waals surface area contributed by atoms with Gasteiger partial charge in [-0.2, -0.15) is 0 Å². The number of amides is 1. The number of nitrogens with one attached hydrogen (secondary N) is 1. The molecule has 0 spiro atoms. The van der Waals surface area contributed by atoms with Crippen molar-refractivity contribution in [3.63, 3.8) is 0 Å². The van der Waals surface area contributed by atoms with Crippen molar-refractivity contribution in [3.8, 4) is 5.75 Å². The second-order valence-corrected chi connectivity index (χ2v) is 8.19. The van der Waals surface area contributed by atoms with Crippen LogP contribution >= 0.6 is 27.3 Å². The third-order valence-electron chi connectivity index (χ3n) is 4.11. The standard InChI is InChI=1S/C18H22BrN3O2S/c1-13-3-2-8-22(9-13)10-15-12-25-18(20-15)21-17(23)11-24-16-6-4-14(19)5-7-16/h4-7,12-13H,2-3,8-11H2,1H3,(H,20,21,23). The number of carbonyl (C=O) groups is 1. The molecule has 5 nitrogen and oxygen atoms in total. The zero-order chi connectivity index (χ0) is 17.6. The summed E-state index contributed by atoms with van der Waals surface area (Å²) in [5.41, 5.74) is 1.02. The van der Waals surface area contributed by atoms with E-state index < -0.39 is 0 Å². The highest BCUT2D eigenvalue weighted by Crippen LogP contribution is 2.21. The van der Waals surface area contributed by atoms with Crippen LogP contribution in [0.5, 0.6) is 5.75 Å². The van der Waals surface area contributed by atoms with Crippen LogP contribution in [0.25, 0.3) is 0 Å². The number of piperidine rings is 1. The number of carbonyl (C=O) groups excluding carboxylic acids is 1. The Balaban J connectivity index is 1.45. The largest absolute Gasteiger partial charge is 0.484 e. The number of hydrogen-bond donors (Lipinski definition) is 1. The van der Waals surface area contributed by atoms with Crippen LogP contribution in [0.4, 0.5) is 5.13 Å². The summed E-state index contributed by atoms with van der Waals surface area (Å²) < 4.78 is 6.45. The van der Waals surface area contributed by atoms with Crippen LogP contribution in [0, 0.1) is 5.92 Å². The summed E-state index contributed by atoms with van der Waals surface area (Å²) in [6.07, 6.45) is 2.57. The van der Waals surface area contributed by atoms with Gasteiger partial charge in [-0.25, -0.2) is 4.98 Å². The molecule has 1 saturated heterocycles. The molecule has 0 saturated carbocycles. The lowest BCUT2D eigenvalue weighted by Gasteiger charge is -2.30. The monoisotopic (exact) mass is 423 g/mol. The first-order valence-electron chi connectivity index (χ1n) is 8.43. The number of rotatable bonds is 6. The molecule has 1 amide bonds. The van der Waals surface area contributed by atoms with E-state index in [1.54, 1.807) is 0 Å². The fourth-order valence-electron chi connectivity index (χ4n) is 2.93. The third kappa shape index (κ3) is 5.80. The second-order valence-electron chi connectivity index (χ2n) is 6.42. The van der Waals surface area contributed by atoms with Crippen molar-refractivity contribution in [2.24, 2.45) is 5.92 Å². The van der Waals surface area contributed by atoms with Crippen molar-refractivity contribution < 1.29 is 9.53 Å². The fraction of sp³-hybridized carbons (Fsp3) is 0.444. The molecule has 7 heteroatoms. The minimum absolute atomic E-state index is 0.0276. The van der Waals surface area contributed by atoms with E-state index in [0.717, 1.165) is 35.7 Å². The van der Waals surface area contributed by atoms with E-state index in [1.165, 1.54) is 24.2 Å². The van der Waals surface area contributed by atoms with Crippen LogP contribution in [0.15, 0.2) is 34.1 Å². The molecule has 1 atom stereocenters. The van der Waals surface area contributed by atoms with E-state index >= 15 is 0 Å². The van der Waals surface area contributed by atoms with Crippen LogP contribution < -0.4 is 10.1 Å². The molecule has 0 radical (unpaired) electrons.